The molecule has 1 fully saturated rings. The van der Waals surface area contributed by atoms with Gasteiger partial charge in [0.15, 0.2) is 11.5 Å². The van der Waals surface area contributed by atoms with E-state index in [0.29, 0.717) is 12.5 Å². The zero-order valence-electron chi connectivity index (χ0n) is 12.4. The molecule has 1 aliphatic heterocycles. The van der Waals surface area contributed by atoms with Crippen molar-refractivity contribution < 1.29 is 14.2 Å². The summed E-state index contributed by atoms with van der Waals surface area (Å²) in [4.78, 5) is 0. The lowest BCUT2D eigenvalue weighted by Crippen LogP contribution is -2.26. The molecule has 1 heterocycles. The quantitative estimate of drug-likeness (QED) is 0.870. The fraction of sp³-hybridized carbons (Fsp3) is 0.625. The largest absolute Gasteiger partial charge is 0.493 e. The monoisotopic (exact) mass is 279 g/mol. The second kappa shape index (κ2) is 7.50. The van der Waals surface area contributed by atoms with Crippen molar-refractivity contribution in [2.75, 3.05) is 26.9 Å². The number of nitrogens with two attached hydrogens (primary N) is 1. The van der Waals surface area contributed by atoms with Crippen LogP contribution in [0.4, 0.5) is 0 Å². The predicted molar refractivity (Wildman–Crippen MR) is 79.5 cm³/mol. The molecule has 0 aliphatic carbocycles. The van der Waals surface area contributed by atoms with Gasteiger partial charge in [-0.2, -0.15) is 0 Å². The lowest BCUT2D eigenvalue weighted by molar-refractivity contribution is 0.0245. The van der Waals surface area contributed by atoms with Crippen molar-refractivity contribution in [2.45, 2.75) is 38.2 Å². The van der Waals surface area contributed by atoms with E-state index >= 15 is 0 Å². The molecule has 20 heavy (non-hydrogen) atoms. The first-order valence-electron chi connectivity index (χ1n) is 7.37. The highest BCUT2D eigenvalue weighted by Crippen LogP contribution is 2.33. The van der Waals surface area contributed by atoms with E-state index in [9.17, 15) is 0 Å². The zero-order chi connectivity index (χ0) is 14.4. The summed E-state index contributed by atoms with van der Waals surface area (Å²) >= 11 is 0. The third-order valence-electron chi connectivity index (χ3n) is 3.82. The Morgan fingerprint density at radius 2 is 2.05 bits per heavy atom. The summed E-state index contributed by atoms with van der Waals surface area (Å²) in [6.45, 7) is 4.43. The van der Waals surface area contributed by atoms with Crippen LogP contribution in [-0.4, -0.2) is 33.0 Å². The highest BCUT2D eigenvalue weighted by atomic mass is 16.5. The summed E-state index contributed by atoms with van der Waals surface area (Å²) in [5.41, 5.74) is 6.89. The summed E-state index contributed by atoms with van der Waals surface area (Å²) in [7, 11) is 1.68. The third kappa shape index (κ3) is 3.87. The van der Waals surface area contributed by atoms with Crippen LogP contribution in [0.2, 0.25) is 0 Å². The van der Waals surface area contributed by atoms with Crippen LogP contribution in [0, 0.1) is 0 Å². The minimum Gasteiger partial charge on any atom is -0.493 e. The maximum Gasteiger partial charge on any atom is 0.161 e. The Morgan fingerprint density at radius 3 is 2.70 bits per heavy atom. The molecule has 4 nitrogen and oxygen atoms in total. The first kappa shape index (κ1) is 15.1. The van der Waals surface area contributed by atoms with Crippen LogP contribution in [0.15, 0.2) is 18.2 Å². The standard InChI is InChI=1S/C16H25NO3/c1-12(5-8-17)13-3-4-15(18-2)16(11-13)20-14-6-9-19-10-7-14/h3-4,11-12,14H,5-10,17H2,1-2H3. The molecule has 1 saturated heterocycles. The molecule has 1 aliphatic rings. The van der Waals surface area contributed by atoms with Gasteiger partial charge in [0.25, 0.3) is 0 Å². The molecule has 1 atom stereocenters. The van der Waals surface area contributed by atoms with Crippen molar-refractivity contribution in [3.05, 3.63) is 23.8 Å². The Bertz CT molecular complexity index is 416. The summed E-state index contributed by atoms with van der Waals surface area (Å²) in [5.74, 6) is 2.06. The van der Waals surface area contributed by atoms with Gasteiger partial charge < -0.3 is 19.9 Å². The molecule has 0 amide bonds. The van der Waals surface area contributed by atoms with Crippen LogP contribution >= 0.6 is 0 Å². The number of hydrogen-bond acceptors (Lipinski definition) is 4. The second-order valence-electron chi connectivity index (χ2n) is 5.32. The number of benzene rings is 1. The second-order valence-corrected chi connectivity index (χ2v) is 5.32. The summed E-state index contributed by atoms with van der Waals surface area (Å²) in [5, 5.41) is 0. The van der Waals surface area contributed by atoms with Gasteiger partial charge in [0, 0.05) is 12.8 Å². The minimum atomic E-state index is 0.220. The van der Waals surface area contributed by atoms with Crippen LogP contribution in [0.3, 0.4) is 0 Å². The van der Waals surface area contributed by atoms with E-state index in [1.54, 1.807) is 7.11 Å². The number of methoxy groups -OCH3 is 1. The Labute approximate surface area is 121 Å². The van der Waals surface area contributed by atoms with Gasteiger partial charge in [0.2, 0.25) is 0 Å². The van der Waals surface area contributed by atoms with E-state index in [1.165, 1.54) is 5.56 Å². The van der Waals surface area contributed by atoms with Crippen molar-refractivity contribution in [3.8, 4) is 11.5 Å². The SMILES string of the molecule is COc1ccc(C(C)CCN)cc1OC1CCOCC1. The molecule has 0 bridgehead atoms. The lowest BCUT2D eigenvalue weighted by atomic mass is 9.97. The molecule has 0 spiro atoms. The first-order chi connectivity index (χ1) is 9.74. The summed E-state index contributed by atoms with van der Waals surface area (Å²) in [6, 6.07) is 6.17. The Balaban J connectivity index is 2.13. The van der Waals surface area contributed by atoms with E-state index in [1.807, 2.05) is 6.07 Å². The van der Waals surface area contributed by atoms with Gasteiger partial charge >= 0.3 is 0 Å². The molecule has 112 valence electrons. The smallest absolute Gasteiger partial charge is 0.161 e. The third-order valence-corrected chi connectivity index (χ3v) is 3.82. The molecule has 2 N–H and O–H groups in total. The molecular formula is C16H25NO3. The topological polar surface area (TPSA) is 53.7 Å². The summed E-state index contributed by atoms with van der Waals surface area (Å²) in [6.07, 6.45) is 3.07. The molecule has 1 unspecified atom stereocenters. The minimum absolute atomic E-state index is 0.220. The molecule has 2 rings (SSSR count). The lowest BCUT2D eigenvalue weighted by Gasteiger charge is -2.25. The van der Waals surface area contributed by atoms with Gasteiger partial charge in [-0.05, 0) is 36.6 Å². The van der Waals surface area contributed by atoms with Gasteiger partial charge in [-0.15, -0.1) is 0 Å². The van der Waals surface area contributed by atoms with Crippen LogP contribution < -0.4 is 15.2 Å². The Morgan fingerprint density at radius 1 is 1.30 bits per heavy atom. The van der Waals surface area contributed by atoms with Gasteiger partial charge in [-0.25, -0.2) is 0 Å². The molecule has 1 aromatic carbocycles. The zero-order valence-corrected chi connectivity index (χ0v) is 12.4. The fourth-order valence-corrected chi connectivity index (χ4v) is 2.48. The highest BCUT2D eigenvalue weighted by molar-refractivity contribution is 5.44. The Hall–Kier alpha value is -1.26. The maximum absolute atomic E-state index is 6.11. The van der Waals surface area contributed by atoms with Crippen LogP contribution in [0.5, 0.6) is 11.5 Å². The molecular weight excluding hydrogens is 254 g/mol. The molecule has 0 aromatic heterocycles. The molecule has 4 heteroatoms. The van der Waals surface area contributed by atoms with Crippen LogP contribution in [0.25, 0.3) is 0 Å². The number of rotatable bonds is 6. The van der Waals surface area contributed by atoms with E-state index in [0.717, 1.165) is 44.0 Å². The maximum atomic E-state index is 6.11. The van der Waals surface area contributed by atoms with E-state index in [4.69, 9.17) is 19.9 Å². The Kier molecular flexibility index (Phi) is 5.68. The van der Waals surface area contributed by atoms with Crippen LogP contribution in [-0.2, 0) is 4.74 Å². The normalized spacial score (nSPS) is 17.8. The summed E-state index contributed by atoms with van der Waals surface area (Å²) < 4.78 is 16.9. The number of hydrogen-bond donors (Lipinski definition) is 1. The van der Waals surface area contributed by atoms with Gasteiger partial charge in [-0.3, -0.25) is 0 Å². The highest BCUT2D eigenvalue weighted by Gasteiger charge is 2.18. The van der Waals surface area contributed by atoms with E-state index in [-0.39, 0.29) is 6.10 Å². The molecule has 1 aromatic rings. The molecule has 0 saturated carbocycles. The first-order valence-corrected chi connectivity index (χ1v) is 7.37. The van der Waals surface area contributed by atoms with E-state index in [2.05, 4.69) is 19.1 Å². The van der Waals surface area contributed by atoms with Crippen molar-refractivity contribution in [3.63, 3.8) is 0 Å². The molecule has 0 radical (unpaired) electrons. The predicted octanol–water partition coefficient (Wildman–Crippen LogP) is 2.71. The average Bonchev–Trinajstić information content (AvgIpc) is 2.48. The van der Waals surface area contributed by atoms with Crippen molar-refractivity contribution in [2.24, 2.45) is 5.73 Å². The average molecular weight is 279 g/mol. The van der Waals surface area contributed by atoms with Gasteiger partial charge in [-0.1, -0.05) is 13.0 Å². The van der Waals surface area contributed by atoms with Crippen LogP contribution in [0.1, 0.15) is 37.7 Å². The van der Waals surface area contributed by atoms with Gasteiger partial charge in [0.05, 0.1) is 20.3 Å². The van der Waals surface area contributed by atoms with Crippen molar-refractivity contribution in [1.29, 1.82) is 0 Å². The number of ether oxygens (including phenoxy) is 3. The van der Waals surface area contributed by atoms with E-state index < -0.39 is 0 Å². The van der Waals surface area contributed by atoms with Gasteiger partial charge in [0.1, 0.15) is 6.10 Å². The fourth-order valence-electron chi connectivity index (χ4n) is 2.48. The van der Waals surface area contributed by atoms with Crippen molar-refractivity contribution >= 4 is 0 Å². The van der Waals surface area contributed by atoms with Crippen molar-refractivity contribution in [1.82, 2.24) is 0 Å².